The number of guanidine groups is 1. The smallest absolute Gasteiger partial charge is 0.224 e. The summed E-state index contributed by atoms with van der Waals surface area (Å²) in [5, 5.41) is 16.6. The molecule has 0 saturated heterocycles. The summed E-state index contributed by atoms with van der Waals surface area (Å²) < 4.78 is 1.99. The average molecular weight is 494 g/mol. The second-order valence-corrected chi connectivity index (χ2v) is 8.98. The molecule has 178 valence electrons. The van der Waals surface area contributed by atoms with Crippen molar-refractivity contribution in [3.05, 3.63) is 33.9 Å². The molecule has 2 aromatic rings. The van der Waals surface area contributed by atoms with E-state index >= 15 is 0 Å². The minimum Gasteiger partial charge on any atom is -0.394 e. The molecule has 0 radical (unpaired) electrons. The number of hydrogen-bond acceptors (Lipinski definition) is 5. The van der Waals surface area contributed by atoms with Gasteiger partial charge in [-0.2, -0.15) is 4.99 Å². The maximum atomic E-state index is 11.7. The fraction of sp³-hybridized carbons (Fsp3) is 0.455. The predicted octanol–water partition coefficient (Wildman–Crippen LogP) is 4.12. The van der Waals surface area contributed by atoms with Gasteiger partial charge in [-0.25, -0.2) is 9.98 Å². The fourth-order valence-corrected chi connectivity index (χ4v) is 4.43. The van der Waals surface area contributed by atoms with Gasteiger partial charge in [0, 0.05) is 18.0 Å². The number of nitrogens with zero attached hydrogens (tertiary/aromatic N) is 4. The molecule has 5 N–H and O–H groups in total. The van der Waals surface area contributed by atoms with Gasteiger partial charge in [-0.1, -0.05) is 29.3 Å². The summed E-state index contributed by atoms with van der Waals surface area (Å²) in [6.07, 6.45) is 2.82. The summed E-state index contributed by atoms with van der Waals surface area (Å²) >= 11 is 12.8. The van der Waals surface area contributed by atoms with Gasteiger partial charge < -0.3 is 21.5 Å². The van der Waals surface area contributed by atoms with E-state index in [9.17, 15) is 9.90 Å². The molecule has 0 aliphatic heterocycles. The number of anilines is 2. The summed E-state index contributed by atoms with van der Waals surface area (Å²) in [6.45, 7) is 7.16. The van der Waals surface area contributed by atoms with Crippen molar-refractivity contribution in [1.82, 2.24) is 14.9 Å². The molecule has 1 heterocycles. The van der Waals surface area contributed by atoms with E-state index in [1.807, 2.05) is 18.4 Å². The van der Waals surface area contributed by atoms with E-state index in [0.717, 1.165) is 12.8 Å². The van der Waals surface area contributed by atoms with Crippen LogP contribution in [0.5, 0.6) is 0 Å². The quantitative estimate of drug-likeness (QED) is 0.340. The van der Waals surface area contributed by atoms with E-state index < -0.39 is 0 Å². The summed E-state index contributed by atoms with van der Waals surface area (Å²) in [4.78, 5) is 25.0. The first-order valence-electron chi connectivity index (χ1n) is 10.8. The van der Waals surface area contributed by atoms with Crippen LogP contribution in [0.3, 0.4) is 0 Å². The Morgan fingerprint density at radius 3 is 2.52 bits per heavy atom. The molecule has 0 spiro atoms. The molecule has 1 aliphatic carbocycles. The molecule has 1 atom stereocenters. The minimum atomic E-state index is -0.268. The Bertz CT molecular complexity index is 1030. The van der Waals surface area contributed by atoms with Crippen molar-refractivity contribution in [2.24, 2.45) is 21.6 Å². The third kappa shape index (κ3) is 5.85. The van der Waals surface area contributed by atoms with Crippen molar-refractivity contribution in [3.8, 4) is 0 Å². The maximum Gasteiger partial charge on any atom is 0.224 e. The highest BCUT2D eigenvalue weighted by Gasteiger charge is 2.30. The highest BCUT2D eigenvalue weighted by Crippen LogP contribution is 2.40. The number of aryl methyl sites for hydroxylation is 1. The summed E-state index contributed by atoms with van der Waals surface area (Å²) in [5.41, 5.74) is 6.73. The number of nitrogens with two attached hydrogens (primary N) is 1. The lowest BCUT2D eigenvalue weighted by Crippen LogP contribution is -2.34. The largest absolute Gasteiger partial charge is 0.394 e. The molecule has 1 aliphatic rings. The van der Waals surface area contributed by atoms with Crippen LogP contribution < -0.4 is 16.4 Å². The number of benzene rings is 1. The molecule has 3 rings (SSSR count). The van der Waals surface area contributed by atoms with Crippen molar-refractivity contribution in [3.63, 3.8) is 0 Å². The molecule has 1 aromatic heterocycles. The molecule has 1 amide bonds. The van der Waals surface area contributed by atoms with Crippen LogP contribution in [0.4, 0.5) is 17.5 Å². The van der Waals surface area contributed by atoms with Crippen LogP contribution in [-0.4, -0.2) is 45.9 Å². The van der Waals surface area contributed by atoms with E-state index in [-0.39, 0.29) is 36.5 Å². The summed E-state index contributed by atoms with van der Waals surface area (Å²) in [7, 11) is 0. The summed E-state index contributed by atoms with van der Waals surface area (Å²) in [5.74, 6) is 0.985. The zero-order valence-electron chi connectivity index (χ0n) is 18.7. The van der Waals surface area contributed by atoms with Crippen LogP contribution >= 0.6 is 23.2 Å². The third-order valence-electron chi connectivity index (χ3n) is 5.73. The Morgan fingerprint density at radius 1 is 1.33 bits per heavy atom. The van der Waals surface area contributed by atoms with Crippen LogP contribution in [0.1, 0.15) is 44.3 Å². The Kier molecular flexibility index (Phi) is 8.34. The highest BCUT2D eigenvalue weighted by atomic mass is 35.5. The number of aromatic nitrogens is 2. The number of aliphatic hydroxyl groups is 1. The van der Waals surface area contributed by atoms with E-state index in [1.165, 1.54) is 0 Å². The standard InChI is InChI=1S/C22H29Cl2N7O2/c1-12(11-32)27-21(26-3)30-20-13(2)28-22(29-18-16(23)5-4-6-17(18)24)31(20)15-9-7-14(8-10-15)19(25)33/h4-6,12,14-15,32H,3,7-11H2,1-2H3,(H2,25,33)(H,27,30)(H,28,29)/t12-,14-,15+/m0/s1. The molecule has 0 unspecified atom stereocenters. The van der Waals surface area contributed by atoms with Gasteiger partial charge in [0.15, 0.2) is 5.82 Å². The molecule has 11 heteroatoms. The van der Waals surface area contributed by atoms with Crippen LogP contribution in [-0.2, 0) is 4.79 Å². The zero-order valence-corrected chi connectivity index (χ0v) is 20.2. The van der Waals surface area contributed by atoms with Crippen LogP contribution in [0.15, 0.2) is 28.2 Å². The number of amides is 1. The minimum absolute atomic E-state index is 0.0191. The number of carbonyl (C=O) groups is 1. The molecule has 0 bridgehead atoms. The first kappa shape index (κ1) is 25.0. The van der Waals surface area contributed by atoms with Crippen molar-refractivity contribution in [1.29, 1.82) is 0 Å². The lowest BCUT2D eigenvalue weighted by Gasteiger charge is -2.29. The predicted molar refractivity (Wildman–Crippen MR) is 133 cm³/mol. The van der Waals surface area contributed by atoms with Gasteiger partial charge in [0.25, 0.3) is 0 Å². The fourth-order valence-electron chi connectivity index (χ4n) is 3.93. The number of carbonyl (C=O) groups excluding carboxylic acids is 1. The van der Waals surface area contributed by atoms with E-state index in [0.29, 0.717) is 46.0 Å². The molecular weight excluding hydrogens is 465 g/mol. The number of nitrogens with one attached hydrogen (secondary N) is 2. The van der Waals surface area contributed by atoms with Gasteiger partial charge in [-0.3, -0.25) is 9.36 Å². The first-order valence-corrected chi connectivity index (χ1v) is 11.5. The number of aliphatic hydroxyl groups excluding tert-OH is 1. The molecule has 1 aromatic carbocycles. The van der Waals surface area contributed by atoms with E-state index in [4.69, 9.17) is 33.9 Å². The van der Waals surface area contributed by atoms with Crippen LogP contribution in [0, 0.1) is 12.8 Å². The lowest BCUT2D eigenvalue weighted by atomic mass is 9.85. The number of halogens is 2. The topological polar surface area (TPSA) is 130 Å². The molecular formula is C22H29Cl2N7O2. The maximum absolute atomic E-state index is 11.7. The second kappa shape index (κ2) is 11.0. The van der Waals surface area contributed by atoms with Gasteiger partial charge in [-0.15, -0.1) is 0 Å². The number of para-hydroxylation sites is 1. The van der Waals surface area contributed by atoms with Crippen molar-refractivity contribution < 1.29 is 9.90 Å². The number of hydrogen-bond donors (Lipinski definition) is 4. The summed E-state index contributed by atoms with van der Waals surface area (Å²) in [6, 6.07) is 5.02. The Labute approximate surface area is 203 Å². The Hall–Kier alpha value is -2.62. The van der Waals surface area contributed by atoms with Crippen LogP contribution in [0.2, 0.25) is 10.0 Å². The normalized spacial score (nSPS) is 19.7. The van der Waals surface area contributed by atoms with Gasteiger partial charge in [-0.05, 0) is 58.4 Å². The van der Waals surface area contributed by atoms with Crippen LogP contribution in [0.25, 0.3) is 0 Å². The van der Waals surface area contributed by atoms with Gasteiger partial charge in [0.05, 0.1) is 28.0 Å². The Balaban J connectivity index is 2.05. The Morgan fingerprint density at radius 2 is 1.97 bits per heavy atom. The lowest BCUT2D eigenvalue weighted by molar-refractivity contribution is -0.122. The van der Waals surface area contributed by atoms with E-state index in [2.05, 4.69) is 27.3 Å². The number of primary amides is 1. The van der Waals surface area contributed by atoms with Crippen molar-refractivity contribution in [2.45, 2.75) is 51.6 Å². The van der Waals surface area contributed by atoms with Gasteiger partial charge >= 0.3 is 0 Å². The monoisotopic (exact) mass is 493 g/mol. The van der Waals surface area contributed by atoms with Crippen molar-refractivity contribution >= 4 is 59.2 Å². The molecule has 33 heavy (non-hydrogen) atoms. The highest BCUT2D eigenvalue weighted by molar-refractivity contribution is 6.39. The van der Waals surface area contributed by atoms with E-state index in [1.54, 1.807) is 18.2 Å². The average Bonchev–Trinajstić information content (AvgIpc) is 3.10. The molecule has 1 fully saturated rings. The third-order valence-corrected chi connectivity index (χ3v) is 6.36. The number of rotatable bonds is 7. The number of imidazole rings is 1. The first-order chi connectivity index (χ1) is 15.7. The van der Waals surface area contributed by atoms with Gasteiger partial charge in [0.2, 0.25) is 17.8 Å². The molecule has 9 nitrogen and oxygen atoms in total. The number of aliphatic imine (C=N–C) groups is 2. The second-order valence-electron chi connectivity index (χ2n) is 8.17. The van der Waals surface area contributed by atoms with Crippen molar-refractivity contribution in [2.75, 3.05) is 11.9 Å². The zero-order chi connectivity index (χ0) is 24.1. The molecule has 1 saturated carbocycles. The SMILES string of the molecule is C=N/C(=N\c1c(C)nc(Nc2c(Cl)cccc2Cl)n1[C@H]1CC[C@@H](C(N)=O)CC1)N[C@@H](C)CO. The van der Waals surface area contributed by atoms with Gasteiger partial charge in [0.1, 0.15) is 0 Å².